The highest BCUT2D eigenvalue weighted by molar-refractivity contribution is 5.96. The average molecular weight is 254 g/mol. The van der Waals surface area contributed by atoms with Crippen molar-refractivity contribution in [3.8, 4) is 0 Å². The summed E-state index contributed by atoms with van der Waals surface area (Å²) < 4.78 is 0. The van der Waals surface area contributed by atoms with Gasteiger partial charge in [-0.3, -0.25) is 0 Å². The van der Waals surface area contributed by atoms with E-state index >= 15 is 0 Å². The van der Waals surface area contributed by atoms with Gasteiger partial charge in [-0.25, -0.2) is 0 Å². The van der Waals surface area contributed by atoms with Gasteiger partial charge in [-0.2, -0.15) is 0 Å². The third kappa shape index (κ3) is 2.21. The molecule has 2 nitrogen and oxygen atoms in total. The van der Waals surface area contributed by atoms with Gasteiger partial charge in [0.15, 0.2) is 0 Å². The maximum absolute atomic E-state index is 5.85. The Hall–Kier alpha value is -1.54. The lowest BCUT2D eigenvalue weighted by Crippen LogP contribution is -2.19. The van der Waals surface area contributed by atoms with Gasteiger partial charge in [0.1, 0.15) is 0 Å². The third-order valence-electron chi connectivity index (χ3n) is 4.42. The van der Waals surface area contributed by atoms with Crippen LogP contribution in [0, 0.1) is 5.92 Å². The van der Waals surface area contributed by atoms with Gasteiger partial charge in [-0.15, -0.1) is 0 Å². The molecular weight excluding hydrogens is 232 g/mol. The number of rotatable bonds is 3. The van der Waals surface area contributed by atoms with Crippen molar-refractivity contribution < 1.29 is 0 Å². The van der Waals surface area contributed by atoms with Crippen LogP contribution in [0.1, 0.15) is 25.3 Å². The largest absolute Gasteiger partial charge is 0.371 e. The van der Waals surface area contributed by atoms with E-state index in [0.29, 0.717) is 6.54 Å². The molecule has 1 unspecified atom stereocenters. The second kappa shape index (κ2) is 5.22. The van der Waals surface area contributed by atoms with Crippen molar-refractivity contribution in [2.75, 3.05) is 18.0 Å². The van der Waals surface area contributed by atoms with Crippen LogP contribution in [-0.4, -0.2) is 13.1 Å². The van der Waals surface area contributed by atoms with Gasteiger partial charge in [0.05, 0.1) is 0 Å². The molecule has 19 heavy (non-hydrogen) atoms. The SMILES string of the molecule is CCC1CCN(c2ccc(CN)c3ccccc23)C1. The van der Waals surface area contributed by atoms with Crippen LogP contribution in [0.25, 0.3) is 10.8 Å². The molecule has 1 heterocycles. The zero-order valence-electron chi connectivity index (χ0n) is 11.6. The summed E-state index contributed by atoms with van der Waals surface area (Å²) in [5.41, 5.74) is 8.47. The van der Waals surface area contributed by atoms with Crippen LogP contribution >= 0.6 is 0 Å². The summed E-state index contributed by atoms with van der Waals surface area (Å²) in [5.74, 6) is 0.855. The molecule has 0 aromatic heterocycles. The Morgan fingerprint density at radius 1 is 1.16 bits per heavy atom. The van der Waals surface area contributed by atoms with Crippen LogP contribution in [-0.2, 0) is 6.54 Å². The lowest BCUT2D eigenvalue weighted by Gasteiger charge is -2.21. The molecule has 0 spiro atoms. The Morgan fingerprint density at radius 2 is 1.95 bits per heavy atom. The molecule has 0 saturated carbocycles. The molecule has 0 amide bonds. The average Bonchev–Trinajstić information content (AvgIpc) is 2.95. The molecule has 1 aliphatic heterocycles. The van der Waals surface area contributed by atoms with E-state index in [0.717, 1.165) is 5.92 Å². The molecule has 2 aromatic rings. The third-order valence-corrected chi connectivity index (χ3v) is 4.42. The second-order valence-electron chi connectivity index (χ2n) is 5.50. The van der Waals surface area contributed by atoms with Gasteiger partial charge in [-0.05, 0) is 29.4 Å². The Balaban J connectivity index is 2.05. The van der Waals surface area contributed by atoms with Gasteiger partial charge in [0.2, 0.25) is 0 Å². The van der Waals surface area contributed by atoms with E-state index in [2.05, 4.69) is 48.2 Å². The summed E-state index contributed by atoms with van der Waals surface area (Å²) in [6.45, 7) is 5.29. The van der Waals surface area contributed by atoms with Gasteiger partial charge in [0.25, 0.3) is 0 Å². The Labute approximate surface area is 115 Å². The van der Waals surface area contributed by atoms with Crippen LogP contribution in [0.2, 0.25) is 0 Å². The summed E-state index contributed by atoms with van der Waals surface area (Å²) >= 11 is 0. The fourth-order valence-electron chi connectivity index (χ4n) is 3.18. The minimum Gasteiger partial charge on any atom is -0.371 e. The van der Waals surface area contributed by atoms with Crippen molar-refractivity contribution in [2.24, 2.45) is 11.7 Å². The van der Waals surface area contributed by atoms with Crippen molar-refractivity contribution in [1.29, 1.82) is 0 Å². The Bertz CT molecular complexity index is 576. The number of anilines is 1. The first-order chi connectivity index (χ1) is 9.33. The standard InChI is InChI=1S/C17H22N2/c1-2-13-9-10-19(12-13)17-8-7-14(11-18)15-5-3-4-6-16(15)17/h3-8,13H,2,9-12,18H2,1H3. The van der Waals surface area contributed by atoms with Gasteiger partial charge < -0.3 is 10.6 Å². The Morgan fingerprint density at radius 3 is 2.63 bits per heavy atom. The number of nitrogens with two attached hydrogens (primary N) is 1. The summed E-state index contributed by atoms with van der Waals surface area (Å²) in [6.07, 6.45) is 2.61. The van der Waals surface area contributed by atoms with Crippen molar-refractivity contribution in [3.05, 3.63) is 42.0 Å². The molecule has 3 rings (SSSR count). The van der Waals surface area contributed by atoms with Crippen LogP contribution < -0.4 is 10.6 Å². The molecule has 100 valence electrons. The van der Waals surface area contributed by atoms with Gasteiger partial charge in [0, 0.05) is 30.7 Å². The lowest BCUT2D eigenvalue weighted by molar-refractivity contribution is 0.569. The van der Waals surface area contributed by atoms with Crippen molar-refractivity contribution in [3.63, 3.8) is 0 Å². The summed E-state index contributed by atoms with van der Waals surface area (Å²) in [7, 11) is 0. The molecule has 0 aliphatic carbocycles. The summed E-state index contributed by atoms with van der Waals surface area (Å²) in [4.78, 5) is 2.54. The molecule has 1 atom stereocenters. The number of fused-ring (bicyclic) bond motifs is 1. The fourth-order valence-corrected chi connectivity index (χ4v) is 3.18. The lowest BCUT2D eigenvalue weighted by atomic mass is 10.0. The molecule has 2 N–H and O–H groups in total. The van der Waals surface area contributed by atoms with E-state index < -0.39 is 0 Å². The van der Waals surface area contributed by atoms with Crippen LogP contribution in [0.3, 0.4) is 0 Å². The minimum absolute atomic E-state index is 0.610. The molecule has 0 bridgehead atoms. The summed E-state index contributed by atoms with van der Waals surface area (Å²) in [6, 6.07) is 13.1. The second-order valence-corrected chi connectivity index (χ2v) is 5.50. The Kier molecular flexibility index (Phi) is 3.43. The molecule has 2 aromatic carbocycles. The number of benzene rings is 2. The molecule has 1 aliphatic rings. The van der Waals surface area contributed by atoms with E-state index in [9.17, 15) is 0 Å². The van der Waals surface area contributed by atoms with Gasteiger partial charge >= 0.3 is 0 Å². The van der Waals surface area contributed by atoms with E-state index in [4.69, 9.17) is 5.73 Å². The maximum Gasteiger partial charge on any atom is 0.0446 e. The number of nitrogens with zero attached hydrogens (tertiary/aromatic N) is 1. The quantitative estimate of drug-likeness (QED) is 0.908. The monoisotopic (exact) mass is 254 g/mol. The van der Waals surface area contributed by atoms with Crippen molar-refractivity contribution in [2.45, 2.75) is 26.3 Å². The van der Waals surface area contributed by atoms with Gasteiger partial charge in [-0.1, -0.05) is 43.7 Å². The van der Waals surface area contributed by atoms with Crippen LogP contribution in [0.5, 0.6) is 0 Å². The maximum atomic E-state index is 5.85. The van der Waals surface area contributed by atoms with Crippen molar-refractivity contribution >= 4 is 16.5 Å². The zero-order valence-corrected chi connectivity index (χ0v) is 11.6. The first-order valence-corrected chi connectivity index (χ1v) is 7.29. The summed E-state index contributed by atoms with van der Waals surface area (Å²) in [5, 5.41) is 2.66. The molecule has 0 radical (unpaired) electrons. The van der Waals surface area contributed by atoms with E-state index in [1.165, 1.54) is 48.0 Å². The molecular formula is C17H22N2. The molecule has 1 fully saturated rings. The molecule has 1 saturated heterocycles. The first-order valence-electron chi connectivity index (χ1n) is 7.29. The normalized spacial score (nSPS) is 19.3. The predicted octanol–water partition coefficient (Wildman–Crippen LogP) is 3.53. The zero-order chi connectivity index (χ0) is 13.2. The van der Waals surface area contributed by atoms with E-state index in [-0.39, 0.29) is 0 Å². The highest BCUT2D eigenvalue weighted by Gasteiger charge is 2.22. The minimum atomic E-state index is 0.610. The highest BCUT2D eigenvalue weighted by atomic mass is 15.1. The predicted molar refractivity (Wildman–Crippen MR) is 82.5 cm³/mol. The highest BCUT2D eigenvalue weighted by Crippen LogP contribution is 2.33. The van der Waals surface area contributed by atoms with E-state index in [1.54, 1.807) is 0 Å². The van der Waals surface area contributed by atoms with Crippen LogP contribution in [0.15, 0.2) is 36.4 Å². The smallest absolute Gasteiger partial charge is 0.0446 e. The number of hydrogen-bond donors (Lipinski definition) is 1. The molecule has 2 heteroatoms. The van der Waals surface area contributed by atoms with Crippen molar-refractivity contribution in [1.82, 2.24) is 0 Å². The topological polar surface area (TPSA) is 29.3 Å². The fraction of sp³-hybridized carbons (Fsp3) is 0.412. The first kappa shape index (κ1) is 12.5. The van der Waals surface area contributed by atoms with Crippen LogP contribution in [0.4, 0.5) is 5.69 Å². The number of hydrogen-bond acceptors (Lipinski definition) is 2. The van der Waals surface area contributed by atoms with E-state index in [1.807, 2.05) is 0 Å².